The third-order valence-corrected chi connectivity index (χ3v) is 4.85. The molecule has 0 amide bonds. The maximum Gasteiger partial charge on any atom is 0.158 e. The Balaban J connectivity index is 3.06. The molecule has 0 fully saturated rings. The molecule has 23 heavy (non-hydrogen) atoms. The van der Waals surface area contributed by atoms with Crippen LogP contribution >= 0.6 is 0 Å². The SMILES string of the molecule is CO[C@@]1(C)/C=C\C(C(C)C)CC/C(C)=C/CC/C(C)=C/C(=O)C1. The van der Waals surface area contributed by atoms with Crippen molar-refractivity contribution in [3.63, 3.8) is 0 Å². The van der Waals surface area contributed by atoms with Gasteiger partial charge < -0.3 is 4.74 Å². The number of carbonyl (C=O) groups is 1. The minimum Gasteiger partial charge on any atom is -0.374 e. The molecule has 130 valence electrons. The summed E-state index contributed by atoms with van der Waals surface area (Å²) in [6.07, 6.45) is 13.1. The Bertz CT molecular complexity index is 482. The lowest BCUT2D eigenvalue weighted by molar-refractivity contribution is -0.118. The van der Waals surface area contributed by atoms with Crippen molar-refractivity contribution in [3.05, 3.63) is 35.5 Å². The standard InChI is InChI=1S/C21H34O2/c1-16(2)19-11-10-17(3)8-7-9-18(4)14-20(22)15-21(5,23-6)13-12-19/h8,12-14,16,19H,7,9-11,15H2,1-6H3/b13-12-,17-8+,18-14+/t19?,21-/m0/s1. The summed E-state index contributed by atoms with van der Waals surface area (Å²) >= 11 is 0. The molecule has 1 aliphatic rings. The van der Waals surface area contributed by atoms with Gasteiger partial charge in [0.15, 0.2) is 5.78 Å². The van der Waals surface area contributed by atoms with E-state index in [1.807, 2.05) is 13.8 Å². The van der Waals surface area contributed by atoms with Gasteiger partial charge in [-0.1, -0.05) is 43.2 Å². The number of rotatable bonds is 2. The fourth-order valence-electron chi connectivity index (χ4n) is 2.96. The largest absolute Gasteiger partial charge is 0.374 e. The molecule has 2 nitrogen and oxygen atoms in total. The van der Waals surface area contributed by atoms with Crippen molar-refractivity contribution in [1.29, 1.82) is 0 Å². The van der Waals surface area contributed by atoms with Crippen LogP contribution in [0.15, 0.2) is 35.5 Å². The summed E-state index contributed by atoms with van der Waals surface area (Å²) < 4.78 is 5.65. The van der Waals surface area contributed by atoms with Crippen LogP contribution in [-0.4, -0.2) is 18.5 Å². The first kappa shape index (κ1) is 19.9. The third kappa shape index (κ3) is 7.30. The maximum absolute atomic E-state index is 12.3. The van der Waals surface area contributed by atoms with Crippen LogP contribution < -0.4 is 0 Å². The van der Waals surface area contributed by atoms with Gasteiger partial charge in [-0.25, -0.2) is 0 Å². The highest BCUT2D eigenvalue weighted by atomic mass is 16.5. The van der Waals surface area contributed by atoms with Crippen LogP contribution in [0.2, 0.25) is 0 Å². The Morgan fingerprint density at radius 1 is 1.22 bits per heavy atom. The second-order valence-corrected chi connectivity index (χ2v) is 7.55. The molecule has 2 atom stereocenters. The molecule has 0 aromatic rings. The summed E-state index contributed by atoms with van der Waals surface area (Å²) in [5, 5.41) is 0. The molecule has 1 aliphatic carbocycles. The molecule has 0 N–H and O–H groups in total. The van der Waals surface area contributed by atoms with Crippen LogP contribution in [0.5, 0.6) is 0 Å². The highest BCUT2D eigenvalue weighted by molar-refractivity contribution is 5.91. The van der Waals surface area contributed by atoms with E-state index >= 15 is 0 Å². The van der Waals surface area contributed by atoms with Crippen molar-refractivity contribution in [1.82, 2.24) is 0 Å². The van der Waals surface area contributed by atoms with Crippen molar-refractivity contribution in [2.75, 3.05) is 7.11 Å². The lowest BCUT2D eigenvalue weighted by atomic mass is 9.86. The van der Waals surface area contributed by atoms with E-state index < -0.39 is 5.60 Å². The van der Waals surface area contributed by atoms with Crippen molar-refractivity contribution < 1.29 is 9.53 Å². The van der Waals surface area contributed by atoms with E-state index in [2.05, 4.69) is 39.0 Å². The zero-order valence-corrected chi connectivity index (χ0v) is 15.8. The van der Waals surface area contributed by atoms with E-state index in [1.165, 1.54) is 5.57 Å². The summed E-state index contributed by atoms with van der Waals surface area (Å²) in [5.74, 6) is 1.25. The van der Waals surface area contributed by atoms with Crippen molar-refractivity contribution >= 4 is 5.78 Å². The average Bonchev–Trinajstić information content (AvgIpc) is 2.45. The molecule has 0 spiro atoms. The summed E-state index contributed by atoms with van der Waals surface area (Å²) in [5.41, 5.74) is 2.09. The number of hydrogen-bond acceptors (Lipinski definition) is 2. The summed E-state index contributed by atoms with van der Waals surface area (Å²) in [6.45, 7) is 10.8. The van der Waals surface area contributed by atoms with Gasteiger partial charge in [0.1, 0.15) is 0 Å². The average molecular weight is 319 g/mol. The van der Waals surface area contributed by atoms with Gasteiger partial charge >= 0.3 is 0 Å². The first-order valence-corrected chi connectivity index (χ1v) is 8.86. The Hall–Kier alpha value is -1.15. The minimum atomic E-state index is -0.518. The molecule has 0 radical (unpaired) electrons. The molecule has 1 unspecified atom stereocenters. The number of ether oxygens (including phenoxy) is 1. The first-order chi connectivity index (χ1) is 10.8. The lowest BCUT2D eigenvalue weighted by Crippen LogP contribution is -2.28. The number of ketones is 1. The molecule has 0 heterocycles. The number of methoxy groups -OCH3 is 1. The summed E-state index contributed by atoms with van der Waals surface area (Å²) in [6, 6.07) is 0. The molecule has 0 aromatic heterocycles. The Kier molecular flexibility index (Phi) is 7.98. The summed E-state index contributed by atoms with van der Waals surface area (Å²) in [7, 11) is 1.69. The molecular formula is C21H34O2. The van der Waals surface area contributed by atoms with Crippen LogP contribution in [0.4, 0.5) is 0 Å². The van der Waals surface area contributed by atoms with E-state index in [4.69, 9.17) is 4.74 Å². The van der Waals surface area contributed by atoms with Gasteiger partial charge in [0.25, 0.3) is 0 Å². The zero-order chi connectivity index (χ0) is 17.5. The van der Waals surface area contributed by atoms with Crippen LogP contribution in [0, 0.1) is 11.8 Å². The monoisotopic (exact) mass is 318 g/mol. The van der Waals surface area contributed by atoms with Gasteiger partial charge in [-0.15, -0.1) is 0 Å². The molecule has 0 aromatic carbocycles. The first-order valence-electron chi connectivity index (χ1n) is 8.86. The normalized spacial score (nSPS) is 34.2. The van der Waals surface area contributed by atoms with Crippen LogP contribution in [-0.2, 0) is 9.53 Å². The second kappa shape index (κ2) is 9.22. The van der Waals surface area contributed by atoms with Gasteiger partial charge in [0, 0.05) is 13.5 Å². The van der Waals surface area contributed by atoms with Crippen molar-refractivity contribution in [2.45, 2.75) is 72.3 Å². The number of carbonyl (C=O) groups excluding carboxylic acids is 1. The predicted molar refractivity (Wildman–Crippen MR) is 98.5 cm³/mol. The maximum atomic E-state index is 12.3. The predicted octanol–water partition coefficient (Wildman–Crippen LogP) is 5.65. The highest BCUT2D eigenvalue weighted by Gasteiger charge is 2.24. The molecule has 2 heteroatoms. The zero-order valence-electron chi connectivity index (χ0n) is 15.8. The molecule has 1 rings (SSSR count). The summed E-state index contributed by atoms with van der Waals surface area (Å²) in [4.78, 5) is 12.3. The van der Waals surface area contributed by atoms with Gasteiger partial charge in [-0.2, -0.15) is 0 Å². The lowest BCUT2D eigenvalue weighted by Gasteiger charge is -2.25. The molecule has 0 aliphatic heterocycles. The van der Waals surface area contributed by atoms with Gasteiger partial charge in [0.05, 0.1) is 5.60 Å². The van der Waals surface area contributed by atoms with Gasteiger partial charge in [0.2, 0.25) is 0 Å². The van der Waals surface area contributed by atoms with Crippen LogP contribution in [0.3, 0.4) is 0 Å². The topological polar surface area (TPSA) is 26.3 Å². The number of allylic oxidation sites excluding steroid dienone is 5. The smallest absolute Gasteiger partial charge is 0.158 e. The van der Waals surface area contributed by atoms with Crippen LogP contribution in [0.1, 0.15) is 66.7 Å². The van der Waals surface area contributed by atoms with Crippen molar-refractivity contribution in [3.8, 4) is 0 Å². The molecule has 0 saturated carbocycles. The van der Waals surface area contributed by atoms with Gasteiger partial charge in [-0.3, -0.25) is 4.79 Å². The molecule has 0 saturated heterocycles. The van der Waals surface area contributed by atoms with E-state index in [0.717, 1.165) is 31.3 Å². The Morgan fingerprint density at radius 3 is 2.52 bits per heavy atom. The molecule has 0 bridgehead atoms. The minimum absolute atomic E-state index is 0.148. The second-order valence-electron chi connectivity index (χ2n) is 7.55. The van der Waals surface area contributed by atoms with E-state index in [0.29, 0.717) is 18.3 Å². The van der Waals surface area contributed by atoms with Gasteiger partial charge in [-0.05, 0) is 64.4 Å². The molecular weight excluding hydrogens is 284 g/mol. The Morgan fingerprint density at radius 2 is 1.91 bits per heavy atom. The van der Waals surface area contributed by atoms with Crippen molar-refractivity contribution in [2.24, 2.45) is 11.8 Å². The fraction of sp³-hybridized carbons (Fsp3) is 0.667. The van der Waals surface area contributed by atoms with Crippen LogP contribution in [0.25, 0.3) is 0 Å². The van der Waals surface area contributed by atoms with E-state index in [-0.39, 0.29) is 5.78 Å². The van der Waals surface area contributed by atoms with E-state index in [1.54, 1.807) is 13.2 Å². The highest BCUT2D eigenvalue weighted by Crippen LogP contribution is 2.26. The third-order valence-electron chi connectivity index (χ3n) is 4.85. The Labute approximate surface area is 142 Å². The fourth-order valence-corrected chi connectivity index (χ4v) is 2.96. The quantitative estimate of drug-likeness (QED) is 0.615. The van der Waals surface area contributed by atoms with E-state index in [9.17, 15) is 4.79 Å². The number of hydrogen-bond donors (Lipinski definition) is 0.